The number of carbonyl (C=O) groups excluding carboxylic acids is 2. The molecule has 0 saturated heterocycles. The van der Waals surface area contributed by atoms with Gasteiger partial charge in [-0.2, -0.15) is 0 Å². The van der Waals surface area contributed by atoms with E-state index in [1.807, 2.05) is 6.08 Å². The van der Waals surface area contributed by atoms with Crippen LogP contribution in [0.4, 0.5) is 0 Å². The lowest BCUT2D eigenvalue weighted by Crippen LogP contribution is -2.28. The molecule has 0 aromatic heterocycles. The first-order valence-corrected chi connectivity index (χ1v) is 6.38. The van der Waals surface area contributed by atoms with Gasteiger partial charge in [0.05, 0.1) is 0 Å². The summed E-state index contributed by atoms with van der Waals surface area (Å²) in [6, 6.07) is -0.522. The Balaban J connectivity index is 1.99. The molecule has 6 nitrogen and oxygen atoms in total. The van der Waals surface area contributed by atoms with Gasteiger partial charge in [0.15, 0.2) is 11.6 Å². The minimum atomic E-state index is -0.522. The summed E-state index contributed by atoms with van der Waals surface area (Å²) in [6.07, 6.45) is 10.8. The van der Waals surface area contributed by atoms with E-state index in [0.717, 1.165) is 0 Å². The van der Waals surface area contributed by atoms with Gasteiger partial charge in [-0.05, 0) is 36.1 Å². The summed E-state index contributed by atoms with van der Waals surface area (Å²) in [7, 11) is 0. The van der Waals surface area contributed by atoms with Crippen molar-refractivity contribution >= 4 is 17.8 Å². The molecule has 0 amide bonds. The highest BCUT2D eigenvalue weighted by molar-refractivity contribution is 6.06. The monoisotopic (exact) mass is 270 g/mol. The molecule has 6 heteroatoms. The summed E-state index contributed by atoms with van der Waals surface area (Å²) in [5.41, 5.74) is 8.83. The third kappa shape index (κ3) is 3.30. The highest BCUT2D eigenvalue weighted by Gasteiger charge is 2.27. The Labute approximate surface area is 116 Å². The zero-order valence-electron chi connectivity index (χ0n) is 10.8. The van der Waals surface area contributed by atoms with Crippen LogP contribution in [0.2, 0.25) is 0 Å². The Hall–Kier alpha value is -2.46. The second-order valence-corrected chi connectivity index (χ2v) is 4.56. The van der Waals surface area contributed by atoms with Crippen molar-refractivity contribution in [2.45, 2.75) is 18.9 Å². The minimum Gasteiger partial charge on any atom is -0.294 e. The van der Waals surface area contributed by atoms with Gasteiger partial charge in [0.2, 0.25) is 0 Å². The van der Waals surface area contributed by atoms with Crippen molar-refractivity contribution < 1.29 is 9.59 Å². The quantitative estimate of drug-likeness (QED) is 0.435. The number of carbonyl (C=O) groups is 2. The van der Waals surface area contributed by atoms with E-state index in [9.17, 15) is 9.59 Å². The van der Waals surface area contributed by atoms with Crippen molar-refractivity contribution in [1.29, 1.82) is 0 Å². The van der Waals surface area contributed by atoms with E-state index in [-0.39, 0.29) is 24.0 Å². The van der Waals surface area contributed by atoms with Crippen molar-refractivity contribution in [3.05, 3.63) is 46.4 Å². The maximum Gasteiger partial charge on any atom is 0.183 e. The fourth-order valence-electron chi connectivity index (χ4n) is 2.19. The van der Waals surface area contributed by atoms with Gasteiger partial charge in [-0.15, -0.1) is 0 Å². The molecule has 0 N–H and O–H groups in total. The molecule has 102 valence electrons. The average Bonchev–Trinajstić information content (AvgIpc) is 2.45. The van der Waals surface area contributed by atoms with E-state index in [1.165, 1.54) is 6.08 Å². The molecule has 0 spiro atoms. The summed E-state index contributed by atoms with van der Waals surface area (Å²) in [5, 5.41) is 3.42. The van der Waals surface area contributed by atoms with Gasteiger partial charge in [0.1, 0.15) is 6.04 Å². The second-order valence-electron chi connectivity index (χ2n) is 4.56. The van der Waals surface area contributed by atoms with Crippen LogP contribution in [0, 0.1) is 5.92 Å². The van der Waals surface area contributed by atoms with Crippen LogP contribution in [0.15, 0.2) is 46.1 Å². The van der Waals surface area contributed by atoms with Gasteiger partial charge in [-0.3, -0.25) is 14.6 Å². The minimum absolute atomic E-state index is 0.000633. The van der Waals surface area contributed by atoms with Crippen LogP contribution in [0.25, 0.3) is 10.4 Å². The van der Waals surface area contributed by atoms with Crippen LogP contribution >= 0.6 is 0 Å². The lowest BCUT2D eigenvalue weighted by atomic mass is 9.88. The number of dihydropyridines is 1. The average molecular weight is 270 g/mol. The molecule has 1 aliphatic carbocycles. The maximum absolute atomic E-state index is 12.2. The number of nitrogens with zero attached hydrogens (tertiary/aromatic N) is 4. The fourth-order valence-corrected chi connectivity index (χ4v) is 2.19. The molecular formula is C14H14N4O2. The summed E-state index contributed by atoms with van der Waals surface area (Å²) < 4.78 is 0. The zero-order valence-corrected chi connectivity index (χ0v) is 10.8. The second kappa shape index (κ2) is 6.63. The van der Waals surface area contributed by atoms with Crippen molar-refractivity contribution in [1.82, 2.24) is 0 Å². The standard InChI is InChI=1S/C14H14N4O2/c15-18-17-8-6-10-5-7-16-12(14(10)20)9-11-3-1-2-4-13(11)19/h1-5,7,11-12H,6,8-9H2. The van der Waals surface area contributed by atoms with Crippen LogP contribution in [0.3, 0.4) is 0 Å². The van der Waals surface area contributed by atoms with Crippen molar-refractivity contribution in [2.24, 2.45) is 16.0 Å². The third-order valence-corrected chi connectivity index (χ3v) is 3.26. The number of allylic oxidation sites excluding steroid dienone is 5. The van der Waals surface area contributed by atoms with Crippen LogP contribution in [0.1, 0.15) is 12.8 Å². The summed E-state index contributed by atoms with van der Waals surface area (Å²) >= 11 is 0. The SMILES string of the molecule is [N-]=[N+]=NCCC1=CC=NC(CC2C=CC=CC2=O)C1=O. The number of Topliss-reactive ketones (excluding diaryl/α,β-unsaturated/α-hetero) is 1. The smallest absolute Gasteiger partial charge is 0.183 e. The molecule has 0 saturated carbocycles. The molecule has 0 aromatic rings. The van der Waals surface area contributed by atoms with Crippen molar-refractivity contribution in [2.75, 3.05) is 6.54 Å². The van der Waals surface area contributed by atoms with E-state index < -0.39 is 6.04 Å². The van der Waals surface area contributed by atoms with E-state index in [2.05, 4.69) is 15.0 Å². The highest BCUT2D eigenvalue weighted by atomic mass is 16.1. The molecular weight excluding hydrogens is 256 g/mol. The molecule has 2 aliphatic rings. The first kappa shape index (κ1) is 14.0. The fraction of sp³-hybridized carbons (Fsp3) is 0.357. The number of rotatable bonds is 5. The first-order chi connectivity index (χ1) is 9.72. The zero-order chi connectivity index (χ0) is 14.4. The van der Waals surface area contributed by atoms with Gasteiger partial charge < -0.3 is 0 Å². The summed E-state index contributed by atoms with van der Waals surface area (Å²) in [6.45, 7) is 0.250. The van der Waals surface area contributed by atoms with Gasteiger partial charge in [0.25, 0.3) is 0 Å². The molecule has 2 atom stereocenters. The predicted molar refractivity (Wildman–Crippen MR) is 75.4 cm³/mol. The molecule has 1 aliphatic heterocycles. The molecule has 1 heterocycles. The molecule has 0 aromatic carbocycles. The van der Waals surface area contributed by atoms with Crippen LogP contribution in [-0.2, 0) is 9.59 Å². The lowest BCUT2D eigenvalue weighted by molar-refractivity contribution is -0.119. The van der Waals surface area contributed by atoms with Crippen LogP contribution in [0.5, 0.6) is 0 Å². The highest BCUT2D eigenvalue weighted by Crippen LogP contribution is 2.21. The van der Waals surface area contributed by atoms with Crippen LogP contribution < -0.4 is 0 Å². The number of ketones is 2. The Kier molecular flexibility index (Phi) is 4.63. The largest absolute Gasteiger partial charge is 0.294 e. The molecule has 0 fully saturated rings. The normalized spacial score (nSPS) is 24.5. The Morgan fingerprint density at radius 3 is 2.95 bits per heavy atom. The Morgan fingerprint density at radius 2 is 2.20 bits per heavy atom. The number of hydrogen-bond acceptors (Lipinski definition) is 4. The maximum atomic E-state index is 12.2. The van der Waals surface area contributed by atoms with E-state index in [1.54, 1.807) is 24.4 Å². The Bertz CT molecular complexity index is 580. The van der Waals surface area contributed by atoms with E-state index in [4.69, 9.17) is 5.53 Å². The summed E-state index contributed by atoms with van der Waals surface area (Å²) in [5.74, 6) is -0.375. The van der Waals surface area contributed by atoms with Crippen LogP contribution in [-0.4, -0.2) is 30.4 Å². The molecule has 2 rings (SSSR count). The van der Waals surface area contributed by atoms with Crippen molar-refractivity contribution in [3.63, 3.8) is 0 Å². The van der Waals surface area contributed by atoms with Gasteiger partial charge in [-0.1, -0.05) is 23.3 Å². The lowest BCUT2D eigenvalue weighted by Gasteiger charge is -2.20. The van der Waals surface area contributed by atoms with Gasteiger partial charge >= 0.3 is 0 Å². The number of hydrogen-bond donors (Lipinski definition) is 0. The van der Waals surface area contributed by atoms with E-state index in [0.29, 0.717) is 18.4 Å². The third-order valence-electron chi connectivity index (χ3n) is 3.26. The predicted octanol–water partition coefficient (Wildman–Crippen LogP) is 2.34. The first-order valence-electron chi connectivity index (χ1n) is 6.38. The topological polar surface area (TPSA) is 95.3 Å². The molecule has 0 bridgehead atoms. The van der Waals surface area contributed by atoms with Gasteiger partial charge in [0, 0.05) is 23.6 Å². The molecule has 2 unspecified atom stereocenters. The molecule has 20 heavy (non-hydrogen) atoms. The Morgan fingerprint density at radius 1 is 1.35 bits per heavy atom. The van der Waals surface area contributed by atoms with Crippen molar-refractivity contribution in [3.8, 4) is 0 Å². The molecule has 0 radical (unpaired) electrons. The number of azide groups is 1. The van der Waals surface area contributed by atoms with E-state index >= 15 is 0 Å². The summed E-state index contributed by atoms with van der Waals surface area (Å²) in [4.78, 5) is 30.7. The van der Waals surface area contributed by atoms with Gasteiger partial charge in [-0.25, -0.2) is 0 Å². The number of aliphatic imine (C=N–C) groups is 1.